The van der Waals surface area contributed by atoms with Crippen molar-refractivity contribution in [1.29, 1.82) is 0 Å². The summed E-state index contributed by atoms with van der Waals surface area (Å²) < 4.78 is 4.91. The third-order valence-electron chi connectivity index (χ3n) is 2.34. The number of carboxylic acid groups (broad SMARTS) is 1. The van der Waals surface area contributed by atoms with Gasteiger partial charge in [-0.2, -0.15) is 0 Å². The predicted octanol–water partition coefficient (Wildman–Crippen LogP) is -0.754. The van der Waals surface area contributed by atoms with Crippen LogP contribution in [-0.2, 0) is 19.1 Å². The summed E-state index contributed by atoms with van der Waals surface area (Å²) in [6.07, 6.45) is -0.152. The Hall–Kier alpha value is -1.63. The van der Waals surface area contributed by atoms with Gasteiger partial charge in [0.1, 0.15) is 11.6 Å². The summed E-state index contributed by atoms with van der Waals surface area (Å²) in [5.74, 6) is -2.39. The summed E-state index contributed by atoms with van der Waals surface area (Å²) in [5.41, 5.74) is 3.79. The van der Waals surface area contributed by atoms with Gasteiger partial charge in [0, 0.05) is 13.5 Å². The van der Waals surface area contributed by atoms with Crippen LogP contribution in [0.1, 0.15) is 26.7 Å². The maximum atomic E-state index is 11.6. The van der Waals surface area contributed by atoms with E-state index in [1.165, 1.54) is 21.0 Å². The van der Waals surface area contributed by atoms with Crippen molar-refractivity contribution in [3.63, 3.8) is 0 Å². The number of aliphatic carboxylic acids is 1. The lowest BCUT2D eigenvalue weighted by Crippen LogP contribution is -2.50. The van der Waals surface area contributed by atoms with E-state index in [1.54, 1.807) is 0 Å². The maximum Gasteiger partial charge on any atom is 0.326 e. The van der Waals surface area contributed by atoms with Crippen molar-refractivity contribution in [2.24, 2.45) is 5.73 Å². The Morgan fingerprint density at radius 2 is 1.94 bits per heavy atom. The first-order chi connectivity index (χ1) is 7.70. The van der Waals surface area contributed by atoms with Gasteiger partial charge in [-0.1, -0.05) is 0 Å². The molecular formula is C10H18N2O5. The average Bonchev–Trinajstić information content (AvgIpc) is 2.22. The molecule has 2 amide bonds. The molecule has 17 heavy (non-hydrogen) atoms. The van der Waals surface area contributed by atoms with Gasteiger partial charge in [-0.25, -0.2) is 4.79 Å². The number of nitrogens with two attached hydrogens (primary N) is 1. The molecule has 0 radical (unpaired) electrons. The van der Waals surface area contributed by atoms with Crippen LogP contribution in [0.5, 0.6) is 0 Å². The quantitative estimate of drug-likeness (QED) is 0.546. The van der Waals surface area contributed by atoms with Gasteiger partial charge in [0.15, 0.2) is 0 Å². The van der Waals surface area contributed by atoms with E-state index in [0.29, 0.717) is 0 Å². The van der Waals surface area contributed by atoms with Crippen LogP contribution in [0.2, 0.25) is 0 Å². The van der Waals surface area contributed by atoms with Crippen LogP contribution in [-0.4, -0.2) is 41.6 Å². The lowest BCUT2D eigenvalue weighted by molar-refractivity contribution is -0.147. The first kappa shape index (κ1) is 15.4. The Labute approximate surface area is 99.3 Å². The number of rotatable bonds is 7. The number of hydrogen-bond acceptors (Lipinski definition) is 4. The van der Waals surface area contributed by atoms with Gasteiger partial charge in [0.2, 0.25) is 5.91 Å². The number of primary amides is 1. The molecule has 98 valence electrons. The molecule has 0 aliphatic heterocycles. The molecule has 0 aromatic carbocycles. The minimum atomic E-state index is -1.22. The molecule has 1 atom stereocenters. The molecule has 0 saturated carbocycles. The number of carbonyl (C=O) groups excluding carboxylic acids is 2. The van der Waals surface area contributed by atoms with Crippen molar-refractivity contribution in [1.82, 2.24) is 5.32 Å². The summed E-state index contributed by atoms with van der Waals surface area (Å²) in [7, 11) is 1.35. The fraction of sp³-hybridized carbons (Fsp3) is 0.700. The number of carboxylic acids is 1. The predicted molar refractivity (Wildman–Crippen MR) is 59.1 cm³/mol. The number of hydrogen-bond donors (Lipinski definition) is 3. The van der Waals surface area contributed by atoms with Gasteiger partial charge < -0.3 is 20.9 Å². The number of ether oxygens (including phenoxy) is 1. The van der Waals surface area contributed by atoms with Crippen molar-refractivity contribution >= 4 is 17.8 Å². The van der Waals surface area contributed by atoms with Crippen molar-refractivity contribution in [2.75, 3.05) is 7.11 Å². The van der Waals surface area contributed by atoms with Gasteiger partial charge in [-0.15, -0.1) is 0 Å². The topological polar surface area (TPSA) is 119 Å². The van der Waals surface area contributed by atoms with Crippen LogP contribution >= 0.6 is 0 Å². The second-order valence-electron chi connectivity index (χ2n) is 4.08. The van der Waals surface area contributed by atoms with Crippen LogP contribution in [0.4, 0.5) is 0 Å². The summed E-state index contributed by atoms with van der Waals surface area (Å²) >= 11 is 0. The van der Waals surface area contributed by atoms with Crippen molar-refractivity contribution < 1.29 is 24.2 Å². The van der Waals surface area contributed by atoms with E-state index < -0.39 is 29.4 Å². The number of methoxy groups -OCH3 is 1. The van der Waals surface area contributed by atoms with Crippen LogP contribution in [0.25, 0.3) is 0 Å². The first-order valence-corrected chi connectivity index (χ1v) is 5.08. The summed E-state index contributed by atoms with van der Waals surface area (Å²) in [4.78, 5) is 33.1. The minimum absolute atomic E-state index is 0.0454. The highest BCUT2D eigenvalue weighted by Crippen LogP contribution is 2.08. The summed E-state index contributed by atoms with van der Waals surface area (Å²) in [6.45, 7) is 3.02. The largest absolute Gasteiger partial charge is 0.480 e. The Bertz CT molecular complexity index is 314. The Kier molecular flexibility index (Phi) is 5.60. The molecule has 0 fully saturated rings. The monoisotopic (exact) mass is 246 g/mol. The standard InChI is InChI=1S/C10H18N2O5/c1-10(2,17-3)9(16)12-6(8(14)15)4-5-7(11)13/h6H,4-5H2,1-3H3,(H2,11,13)(H,12,16)(H,14,15). The highest BCUT2D eigenvalue weighted by Gasteiger charge is 2.31. The van der Waals surface area contributed by atoms with Crippen molar-refractivity contribution in [3.8, 4) is 0 Å². The van der Waals surface area contributed by atoms with E-state index in [-0.39, 0.29) is 12.8 Å². The molecule has 0 rings (SSSR count). The second-order valence-corrected chi connectivity index (χ2v) is 4.08. The van der Waals surface area contributed by atoms with Gasteiger partial charge >= 0.3 is 5.97 Å². The number of nitrogens with one attached hydrogen (secondary N) is 1. The normalized spacial score (nSPS) is 12.9. The molecule has 0 saturated heterocycles. The third kappa shape index (κ3) is 5.30. The first-order valence-electron chi connectivity index (χ1n) is 5.08. The highest BCUT2D eigenvalue weighted by atomic mass is 16.5. The molecule has 0 aromatic rings. The van der Waals surface area contributed by atoms with Crippen LogP contribution in [0, 0.1) is 0 Å². The molecular weight excluding hydrogens is 228 g/mol. The Morgan fingerprint density at radius 3 is 2.29 bits per heavy atom. The van der Waals surface area contributed by atoms with Gasteiger partial charge in [-0.05, 0) is 20.3 Å². The van der Waals surface area contributed by atoms with Gasteiger partial charge in [0.05, 0.1) is 0 Å². The zero-order chi connectivity index (χ0) is 13.6. The highest BCUT2D eigenvalue weighted by molar-refractivity contribution is 5.89. The van der Waals surface area contributed by atoms with Gasteiger partial charge in [-0.3, -0.25) is 9.59 Å². The van der Waals surface area contributed by atoms with E-state index in [9.17, 15) is 14.4 Å². The second kappa shape index (κ2) is 6.19. The number of amides is 2. The lowest BCUT2D eigenvalue weighted by atomic mass is 10.1. The van der Waals surface area contributed by atoms with E-state index in [2.05, 4.69) is 5.32 Å². The molecule has 0 aliphatic rings. The van der Waals surface area contributed by atoms with Gasteiger partial charge in [0.25, 0.3) is 5.91 Å². The Balaban J connectivity index is 4.50. The summed E-state index contributed by atoms with van der Waals surface area (Å²) in [6, 6.07) is -1.15. The molecule has 4 N–H and O–H groups in total. The third-order valence-corrected chi connectivity index (χ3v) is 2.34. The molecule has 0 aromatic heterocycles. The Morgan fingerprint density at radius 1 is 1.41 bits per heavy atom. The van der Waals surface area contributed by atoms with E-state index in [0.717, 1.165) is 0 Å². The molecule has 7 nitrogen and oxygen atoms in total. The van der Waals surface area contributed by atoms with Crippen LogP contribution in [0.15, 0.2) is 0 Å². The molecule has 0 spiro atoms. The van der Waals surface area contributed by atoms with E-state index in [4.69, 9.17) is 15.6 Å². The lowest BCUT2D eigenvalue weighted by Gasteiger charge is -2.24. The molecule has 0 aliphatic carbocycles. The van der Waals surface area contributed by atoms with Crippen molar-refractivity contribution in [2.45, 2.75) is 38.3 Å². The SMILES string of the molecule is COC(C)(C)C(=O)NC(CCC(N)=O)C(=O)O. The molecule has 0 heterocycles. The van der Waals surface area contributed by atoms with E-state index in [1.807, 2.05) is 0 Å². The molecule has 7 heteroatoms. The van der Waals surface area contributed by atoms with Crippen LogP contribution < -0.4 is 11.1 Å². The molecule has 0 bridgehead atoms. The maximum absolute atomic E-state index is 11.6. The minimum Gasteiger partial charge on any atom is -0.480 e. The number of carbonyl (C=O) groups is 3. The molecule has 1 unspecified atom stereocenters. The van der Waals surface area contributed by atoms with Crippen molar-refractivity contribution in [3.05, 3.63) is 0 Å². The zero-order valence-corrected chi connectivity index (χ0v) is 10.1. The fourth-order valence-electron chi connectivity index (χ4n) is 0.969. The smallest absolute Gasteiger partial charge is 0.326 e. The zero-order valence-electron chi connectivity index (χ0n) is 10.1. The van der Waals surface area contributed by atoms with E-state index >= 15 is 0 Å². The summed E-state index contributed by atoms with van der Waals surface area (Å²) in [5, 5.41) is 11.2. The van der Waals surface area contributed by atoms with Crippen LogP contribution in [0.3, 0.4) is 0 Å². The fourth-order valence-corrected chi connectivity index (χ4v) is 0.969. The average molecular weight is 246 g/mol.